The number of benzene rings is 4. The highest BCUT2D eigenvalue weighted by Crippen LogP contribution is 2.40. The first kappa shape index (κ1) is 32.7. The fraction of sp³-hybridized carbons (Fsp3) is 0.216. The average Bonchev–Trinajstić information content (AvgIpc) is 3.38. The Balaban J connectivity index is 1.47. The van der Waals surface area contributed by atoms with Gasteiger partial charge in [0.25, 0.3) is 11.5 Å². The maximum absolute atomic E-state index is 14.4. The third kappa shape index (κ3) is 6.40. The van der Waals surface area contributed by atoms with Crippen LogP contribution in [-0.2, 0) is 11.4 Å². The Morgan fingerprint density at radius 3 is 2.47 bits per heavy atom. The number of thiazole rings is 1. The minimum Gasteiger partial charge on any atom is -0.496 e. The number of hydrogen-bond donors (Lipinski definition) is 0. The Kier molecular flexibility index (Phi) is 9.68. The van der Waals surface area contributed by atoms with Crippen LogP contribution in [0, 0.1) is 0 Å². The van der Waals surface area contributed by atoms with Crippen molar-refractivity contribution >= 4 is 61.6 Å². The molecule has 5 aromatic rings. The molecule has 6 rings (SSSR count). The molecule has 1 aliphatic heterocycles. The van der Waals surface area contributed by atoms with Crippen LogP contribution in [0.3, 0.4) is 0 Å². The largest absolute Gasteiger partial charge is 0.496 e. The Morgan fingerprint density at radius 2 is 1.77 bits per heavy atom. The molecule has 0 fully saturated rings. The Bertz CT molecular complexity index is 2200. The van der Waals surface area contributed by atoms with E-state index in [1.165, 1.54) is 11.3 Å². The number of allylic oxidation sites excluding steroid dienone is 1. The van der Waals surface area contributed by atoms with Crippen molar-refractivity contribution in [2.75, 3.05) is 20.2 Å². The predicted molar refractivity (Wildman–Crippen MR) is 192 cm³/mol. The van der Waals surface area contributed by atoms with Gasteiger partial charge in [-0.1, -0.05) is 71.5 Å². The fourth-order valence-electron chi connectivity index (χ4n) is 5.90. The summed E-state index contributed by atoms with van der Waals surface area (Å²) in [6, 6.07) is 24.3. The molecule has 0 N–H and O–H groups in total. The van der Waals surface area contributed by atoms with Gasteiger partial charge in [-0.15, -0.1) is 0 Å². The second-order valence-corrected chi connectivity index (χ2v) is 13.4. The van der Waals surface area contributed by atoms with Crippen molar-refractivity contribution in [3.63, 3.8) is 0 Å². The first-order chi connectivity index (χ1) is 22.7. The summed E-state index contributed by atoms with van der Waals surface area (Å²) in [6.45, 7) is 7.20. The molecule has 10 heteroatoms. The number of fused-ring (bicyclic) bond motifs is 2. The van der Waals surface area contributed by atoms with Gasteiger partial charge in [-0.05, 0) is 95.0 Å². The molecule has 240 valence electrons. The van der Waals surface area contributed by atoms with E-state index < -0.39 is 6.04 Å². The molecule has 0 spiro atoms. The van der Waals surface area contributed by atoms with Gasteiger partial charge < -0.3 is 14.4 Å². The number of amides is 1. The highest BCUT2D eigenvalue weighted by molar-refractivity contribution is 9.10. The van der Waals surface area contributed by atoms with Gasteiger partial charge in [0.2, 0.25) is 0 Å². The van der Waals surface area contributed by atoms with Crippen LogP contribution in [0.1, 0.15) is 43.5 Å². The van der Waals surface area contributed by atoms with Gasteiger partial charge in [0.1, 0.15) is 24.1 Å². The van der Waals surface area contributed by atoms with Gasteiger partial charge in [0.15, 0.2) is 4.80 Å². The van der Waals surface area contributed by atoms with Crippen LogP contribution in [0.5, 0.6) is 11.5 Å². The molecular formula is C37H33BrClN3O4S. The Morgan fingerprint density at radius 1 is 1.04 bits per heavy atom. The number of hydrogen-bond acceptors (Lipinski definition) is 6. The number of carbonyl (C=O) groups is 1. The van der Waals surface area contributed by atoms with E-state index in [0.717, 1.165) is 31.9 Å². The molecular weight excluding hydrogens is 698 g/mol. The Labute approximate surface area is 290 Å². The topological polar surface area (TPSA) is 73.1 Å². The van der Waals surface area contributed by atoms with E-state index >= 15 is 0 Å². The van der Waals surface area contributed by atoms with Crippen LogP contribution in [0.2, 0.25) is 5.02 Å². The molecule has 47 heavy (non-hydrogen) atoms. The summed E-state index contributed by atoms with van der Waals surface area (Å²) in [4.78, 5) is 35.7. The lowest BCUT2D eigenvalue weighted by Gasteiger charge is -2.30. The van der Waals surface area contributed by atoms with E-state index in [4.69, 9.17) is 26.1 Å². The van der Waals surface area contributed by atoms with Crippen LogP contribution in [-0.4, -0.2) is 35.6 Å². The van der Waals surface area contributed by atoms with Crippen molar-refractivity contribution in [1.29, 1.82) is 0 Å². The fourth-order valence-corrected chi connectivity index (χ4v) is 7.59. The van der Waals surface area contributed by atoms with Crippen molar-refractivity contribution in [3.05, 3.63) is 136 Å². The molecule has 0 unspecified atom stereocenters. The van der Waals surface area contributed by atoms with Gasteiger partial charge in [-0.25, -0.2) is 4.99 Å². The molecule has 1 atom stereocenters. The van der Waals surface area contributed by atoms with Crippen LogP contribution < -0.4 is 24.4 Å². The zero-order valence-corrected chi connectivity index (χ0v) is 29.6. The molecule has 0 aliphatic carbocycles. The van der Waals surface area contributed by atoms with Gasteiger partial charge in [-0.2, -0.15) is 0 Å². The first-order valence-electron chi connectivity index (χ1n) is 15.3. The first-order valence-corrected chi connectivity index (χ1v) is 17.3. The molecule has 1 aliphatic rings. The van der Waals surface area contributed by atoms with E-state index in [2.05, 4.69) is 15.9 Å². The maximum Gasteiger partial charge on any atom is 0.271 e. The summed E-state index contributed by atoms with van der Waals surface area (Å²) < 4.78 is 14.8. The molecule has 2 heterocycles. The molecule has 1 aromatic heterocycles. The molecule has 7 nitrogen and oxygen atoms in total. The number of nitrogens with zero attached hydrogens (tertiary/aromatic N) is 3. The molecule has 0 saturated heterocycles. The molecule has 0 bridgehead atoms. The van der Waals surface area contributed by atoms with Gasteiger partial charge in [0.05, 0.1) is 27.4 Å². The number of methoxy groups -OCH3 is 1. The summed E-state index contributed by atoms with van der Waals surface area (Å²) in [5.41, 5.74) is 3.39. The van der Waals surface area contributed by atoms with Crippen molar-refractivity contribution in [3.8, 4) is 11.5 Å². The SMILES string of the molecule is CCN(CC)C(=O)C1=C(C)N=c2s/c(=C/c3ccc(OCc4ccc(Cl)cc4)c(Br)c3)c(=O)n2[C@H]1c1c(OC)ccc2ccccc12. The van der Waals surface area contributed by atoms with E-state index in [1.807, 2.05) is 106 Å². The summed E-state index contributed by atoms with van der Waals surface area (Å²) in [5, 5.41) is 2.57. The monoisotopic (exact) mass is 729 g/mol. The van der Waals surface area contributed by atoms with Crippen molar-refractivity contribution in [2.24, 2.45) is 4.99 Å². The second kappa shape index (κ2) is 13.9. The lowest BCUT2D eigenvalue weighted by atomic mass is 9.90. The van der Waals surface area contributed by atoms with E-state index in [0.29, 0.717) is 56.8 Å². The third-order valence-corrected chi connectivity index (χ3v) is 10.1. The number of ether oxygens (including phenoxy) is 2. The predicted octanol–water partition coefficient (Wildman–Crippen LogP) is 7.26. The van der Waals surface area contributed by atoms with Crippen LogP contribution in [0.15, 0.2) is 104 Å². The molecule has 0 radical (unpaired) electrons. The van der Waals surface area contributed by atoms with Crippen LogP contribution >= 0.6 is 38.9 Å². The van der Waals surface area contributed by atoms with Crippen molar-refractivity contribution in [1.82, 2.24) is 9.47 Å². The van der Waals surface area contributed by atoms with Gasteiger partial charge in [0, 0.05) is 23.7 Å². The molecule has 1 amide bonds. The standard InChI is InChI=1S/C37H33BrClN3O4S/c1-5-41(6-2)36(44)32-22(3)40-37-42(34(32)33-27-10-8-7-9-25(27)14-18-30(33)45-4)35(43)31(47-37)20-24-13-17-29(28(38)19-24)46-21-23-11-15-26(39)16-12-23/h7-20,34H,5-6,21H2,1-4H3/b31-20+/t34-/m1/s1. The summed E-state index contributed by atoms with van der Waals surface area (Å²) in [6.07, 6.45) is 1.85. The minimum absolute atomic E-state index is 0.149. The number of halogens is 2. The van der Waals surface area contributed by atoms with Gasteiger partial charge >= 0.3 is 0 Å². The quantitative estimate of drug-likeness (QED) is 0.160. The average molecular weight is 731 g/mol. The molecule has 4 aromatic carbocycles. The third-order valence-electron chi connectivity index (χ3n) is 8.29. The van der Waals surface area contributed by atoms with Crippen LogP contribution in [0.4, 0.5) is 0 Å². The zero-order chi connectivity index (χ0) is 33.2. The van der Waals surface area contributed by atoms with E-state index in [1.54, 1.807) is 16.6 Å². The van der Waals surface area contributed by atoms with Gasteiger partial charge in [-0.3, -0.25) is 14.2 Å². The maximum atomic E-state index is 14.4. The summed E-state index contributed by atoms with van der Waals surface area (Å²) in [5.74, 6) is 1.13. The number of rotatable bonds is 9. The summed E-state index contributed by atoms with van der Waals surface area (Å²) >= 11 is 10.9. The summed E-state index contributed by atoms with van der Waals surface area (Å²) in [7, 11) is 1.61. The smallest absolute Gasteiger partial charge is 0.271 e. The van der Waals surface area contributed by atoms with Crippen LogP contribution in [0.25, 0.3) is 16.8 Å². The normalized spacial score (nSPS) is 14.6. The lowest BCUT2D eigenvalue weighted by molar-refractivity contribution is -0.127. The highest BCUT2D eigenvalue weighted by atomic mass is 79.9. The minimum atomic E-state index is -0.738. The van der Waals surface area contributed by atoms with Crippen molar-refractivity contribution < 1.29 is 14.3 Å². The van der Waals surface area contributed by atoms with E-state index in [9.17, 15) is 9.59 Å². The second-order valence-electron chi connectivity index (χ2n) is 11.1. The number of aromatic nitrogens is 1. The van der Waals surface area contributed by atoms with Crippen molar-refractivity contribution in [2.45, 2.75) is 33.4 Å². The Hall–Kier alpha value is -4.18. The molecule has 0 saturated carbocycles. The number of carbonyl (C=O) groups excluding carboxylic acids is 1. The van der Waals surface area contributed by atoms with E-state index in [-0.39, 0.29) is 11.5 Å². The lowest BCUT2D eigenvalue weighted by Crippen LogP contribution is -2.43. The zero-order valence-electron chi connectivity index (χ0n) is 26.4. The number of likely N-dealkylation sites (N-methyl/N-ethyl adjacent to an activating group) is 1. The highest BCUT2D eigenvalue weighted by Gasteiger charge is 2.36.